The molecule has 0 atom stereocenters. The quantitative estimate of drug-likeness (QED) is 0.427. The van der Waals surface area contributed by atoms with Crippen molar-refractivity contribution in [3.8, 4) is 17.6 Å². The summed E-state index contributed by atoms with van der Waals surface area (Å²) in [6, 6.07) is 8.85. The summed E-state index contributed by atoms with van der Waals surface area (Å²) in [6.07, 6.45) is 0. The van der Waals surface area contributed by atoms with Crippen LogP contribution in [0.2, 0.25) is 0 Å². The van der Waals surface area contributed by atoms with Gasteiger partial charge in [0.15, 0.2) is 0 Å². The molecule has 0 unspecified atom stereocenters. The molecule has 3 heteroatoms. The Morgan fingerprint density at radius 3 is 2.20 bits per heavy atom. The molecule has 3 nitrogen and oxygen atoms in total. The van der Waals surface area contributed by atoms with E-state index in [9.17, 15) is 0 Å². The van der Waals surface area contributed by atoms with Crippen LogP contribution in [0.1, 0.15) is 0 Å². The second-order valence-electron chi connectivity index (χ2n) is 2.79. The lowest BCUT2D eigenvalue weighted by Crippen LogP contribution is -1.95. The summed E-state index contributed by atoms with van der Waals surface area (Å²) >= 11 is 0. The van der Waals surface area contributed by atoms with Gasteiger partial charge in [0.1, 0.15) is 23.3 Å². The predicted molar refractivity (Wildman–Crippen MR) is 57.5 cm³/mol. The van der Waals surface area contributed by atoms with Crippen LogP contribution in [0, 0.1) is 11.3 Å². The molecule has 0 saturated heterocycles. The Balaban J connectivity index is 2.70. The standard InChI is InChI=1S/C12H11NO2/c1-9(8-13)10(2)15-12-6-4-11(14-3)5-7-12/h4-7H,1-2H2,3H3. The average Bonchev–Trinajstić information content (AvgIpc) is 2.29. The van der Waals surface area contributed by atoms with E-state index in [1.54, 1.807) is 31.4 Å². The van der Waals surface area contributed by atoms with Gasteiger partial charge in [0.2, 0.25) is 0 Å². The van der Waals surface area contributed by atoms with Crippen molar-refractivity contribution in [3.05, 3.63) is 48.8 Å². The topological polar surface area (TPSA) is 42.2 Å². The highest BCUT2D eigenvalue weighted by atomic mass is 16.5. The van der Waals surface area contributed by atoms with Gasteiger partial charge < -0.3 is 9.47 Å². The molecule has 0 aliphatic rings. The fraction of sp³-hybridized carbons (Fsp3) is 0.0833. The molecule has 1 aromatic rings. The zero-order valence-corrected chi connectivity index (χ0v) is 8.49. The lowest BCUT2D eigenvalue weighted by molar-refractivity contribution is 0.410. The van der Waals surface area contributed by atoms with E-state index in [0.717, 1.165) is 5.75 Å². The summed E-state index contributed by atoms with van der Waals surface area (Å²) in [4.78, 5) is 0. The van der Waals surface area contributed by atoms with Gasteiger partial charge >= 0.3 is 0 Å². The number of ether oxygens (including phenoxy) is 2. The molecule has 0 amide bonds. The first-order chi connectivity index (χ1) is 7.17. The van der Waals surface area contributed by atoms with Gasteiger partial charge in [-0.3, -0.25) is 0 Å². The Hall–Kier alpha value is -2.21. The van der Waals surface area contributed by atoms with Gasteiger partial charge in [-0.15, -0.1) is 0 Å². The van der Waals surface area contributed by atoms with Crippen LogP contribution < -0.4 is 9.47 Å². The van der Waals surface area contributed by atoms with E-state index in [1.807, 2.05) is 6.07 Å². The average molecular weight is 201 g/mol. The number of nitriles is 1. The molecule has 0 aliphatic carbocycles. The van der Waals surface area contributed by atoms with E-state index < -0.39 is 0 Å². The number of methoxy groups -OCH3 is 1. The van der Waals surface area contributed by atoms with Crippen LogP contribution in [0.3, 0.4) is 0 Å². The minimum Gasteiger partial charge on any atom is -0.497 e. The molecule has 0 aromatic heterocycles. The molecule has 0 radical (unpaired) electrons. The highest BCUT2D eigenvalue weighted by Crippen LogP contribution is 2.20. The molecule has 0 saturated carbocycles. The molecule has 76 valence electrons. The first-order valence-corrected chi connectivity index (χ1v) is 4.27. The Morgan fingerprint density at radius 1 is 1.20 bits per heavy atom. The molecule has 1 aromatic carbocycles. The number of hydrogen-bond acceptors (Lipinski definition) is 3. The summed E-state index contributed by atoms with van der Waals surface area (Å²) in [5.41, 5.74) is 0.214. The van der Waals surface area contributed by atoms with E-state index >= 15 is 0 Å². The highest BCUT2D eigenvalue weighted by Gasteiger charge is 2.01. The Labute approximate surface area is 88.9 Å². The smallest absolute Gasteiger partial charge is 0.137 e. The summed E-state index contributed by atoms with van der Waals surface area (Å²) in [5, 5.41) is 8.56. The van der Waals surface area contributed by atoms with E-state index in [-0.39, 0.29) is 11.3 Å². The summed E-state index contributed by atoms with van der Waals surface area (Å²) in [6.45, 7) is 7.08. The van der Waals surface area contributed by atoms with Gasteiger partial charge in [0, 0.05) is 0 Å². The van der Waals surface area contributed by atoms with Gasteiger partial charge in [0.05, 0.1) is 12.7 Å². The van der Waals surface area contributed by atoms with Crippen LogP contribution in [0.5, 0.6) is 11.5 Å². The minimum absolute atomic E-state index is 0.214. The van der Waals surface area contributed by atoms with Crippen molar-refractivity contribution in [3.63, 3.8) is 0 Å². The monoisotopic (exact) mass is 201 g/mol. The molecule has 0 N–H and O–H groups in total. The predicted octanol–water partition coefficient (Wildman–Crippen LogP) is 2.67. The number of allylic oxidation sites excluding steroid dienone is 1. The van der Waals surface area contributed by atoms with E-state index in [4.69, 9.17) is 14.7 Å². The van der Waals surface area contributed by atoms with Crippen molar-refractivity contribution in [1.82, 2.24) is 0 Å². The molecule has 15 heavy (non-hydrogen) atoms. The van der Waals surface area contributed by atoms with Crippen molar-refractivity contribution in [2.24, 2.45) is 0 Å². The van der Waals surface area contributed by atoms with Crippen LogP contribution in [-0.4, -0.2) is 7.11 Å². The molecular formula is C12H11NO2. The van der Waals surface area contributed by atoms with Gasteiger partial charge in [-0.2, -0.15) is 5.26 Å². The van der Waals surface area contributed by atoms with Crippen molar-refractivity contribution in [1.29, 1.82) is 5.26 Å². The highest BCUT2D eigenvalue weighted by molar-refractivity contribution is 5.38. The van der Waals surface area contributed by atoms with Crippen molar-refractivity contribution in [2.45, 2.75) is 0 Å². The third-order valence-electron chi connectivity index (χ3n) is 1.77. The third kappa shape index (κ3) is 2.89. The van der Waals surface area contributed by atoms with E-state index in [2.05, 4.69) is 13.2 Å². The zero-order chi connectivity index (χ0) is 11.3. The normalized spacial score (nSPS) is 8.80. The molecule has 0 spiro atoms. The van der Waals surface area contributed by atoms with E-state index in [1.165, 1.54) is 0 Å². The molecule has 0 fully saturated rings. The van der Waals surface area contributed by atoms with Crippen molar-refractivity contribution in [2.75, 3.05) is 7.11 Å². The maximum absolute atomic E-state index is 8.56. The number of rotatable bonds is 4. The van der Waals surface area contributed by atoms with E-state index in [0.29, 0.717) is 5.75 Å². The number of benzene rings is 1. The maximum Gasteiger partial charge on any atom is 0.137 e. The molecular weight excluding hydrogens is 190 g/mol. The lowest BCUT2D eigenvalue weighted by Gasteiger charge is -2.07. The van der Waals surface area contributed by atoms with Crippen molar-refractivity contribution < 1.29 is 9.47 Å². The Bertz CT molecular complexity index is 412. The first-order valence-electron chi connectivity index (χ1n) is 4.27. The number of nitrogens with zero attached hydrogens (tertiary/aromatic N) is 1. The maximum atomic E-state index is 8.56. The summed E-state index contributed by atoms with van der Waals surface area (Å²) < 4.78 is 10.3. The second-order valence-corrected chi connectivity index (χ2v) is 2.79. The Morgan fingerprint density at radius 2 is 1.73 bits per heavy atom. The van der Waals surface area contributed by atoms with Gasteiger partial charge in [0.25, 0.3) is 0 Å². The molecule has 0 aliphatic heterocycles. The van der Waals surface area contributed by atoms with Crippen LogP contribution in [0.25, 0.3) is 0 Å². The summed E-state index contributed by atoms with van der Waals surface area (Å²) in [5.74, 6) is 1.59. The van der Waals surface area contributed by atoms with Crippen LogP contribution in [0.4, 0.5) is 0 Å². The SMILES string of the molecule is C=C(C#N)C(=C)Oc1ccc(OC)cc1. The molecule has 1 rings (SSSR count). The van der Waals surface area contributed by atoms with Crippen LogP contribution >= 0.6 is 0 Å². The van der Waals surface area contributed by atoms with Crippen LogP contribution in [0.15, 0.2) is 48.8 Å². The zero-order valence-electron chi connectivity index (χ0n) is 8.49. The van der Waals surface area contributed by atoms with Crippen molar-refractivity contribution >= 4 is 0 Å². The largest absolute Gasteiger partial charge is 0.497 e. The fourth-order valence-electron chi connectivity index (χ4n) is 0.910. The van der Waals surface area contributed by atoms with Gasteiger partial charge in [-0.05, 0) is 24.3 Å². The molecule has 0 bridgehead atoms. The summed E-state index contributed by atoms with van der Waals surface area (Å²) in [7, 11) is 1.59. The van der Waals surface area contributed by atoms with Crippen LogP contribution in [-0.2, 0) is 0 Å². The first kappa shape index (κ1) is 10.9. The lowest BCUT2D eigenvalue weighted by atomic mass is 10.3. The second kappa shape index (κ2) is 4.87. The fourth-order valence-corrected chi connectivity index (χ4v) is 0.910. The minimum atomic E-state index is 0.214. The number of hydrogen-bond donors (Lipinski definition) is 0. The Kier molecular flexibility index (Phi) is 3.53. The van der Waals surface area contributed by atoms with Gasteiger partial charge in [-0.1, -0.05) is 13.2 Å². The van der Waals surface area contributed by atoms with Gasteiger partial charge in [-0.25, -0.2) is 0 Å². The third-order valence-corrected chi connectivity index (χ3v) is 1.77. The molecule has 0 heterocycles.